The highest BCUT2D eigenvalue weighted by molar-refractivity contribution is 6.33. The van der Waals surface area contributed by atoms with Gasteiger partial charge in [0.05, 0.1) is 10.7 Å². The van der Waals surface area contributed by atoms with Crippen molar-refractivity contribution in [3.63, 3.8) is 0 Å². The second kappa shape index (κ2) is 9.14. The summed E-state index contributed by atoms with van der Waals surface area (Å²) in [7, 11) is 0. The summed E-state index contributed by atoms with van der Waals surface area (Å²) in [6, 6.07) is 12.3. The van der Waals surface area contributed by atoms with E-state index in [2.05, 4.69) is 10.2 Å². The number of nitrogens with zero attached hydrogens (tertiary/aromatic N) is 2. The lowest BCUT2D eigenvalue weighted by Crippen LogP contribution is -2.48. The molecule has 0 saturated carbocycles. The molecule has 1 fully saturated rings. The molecule has 1 saturated heterocycles. The Morgan fingerprint density at radius 1 is 1.00 bits per heavy atom. The van der Waals surface area contributed by atoms with E-state index in [0.717, 1.165) is 5.69 Å². The average Bonchev–Trinajstić information content (AvgIpc) is 2.70. The molecule has 6 nitrogen and oxygen atoms in total. The zero-order chi connectivity index (χ0) is 21.9. The quantitative estimate of drug-likeness (QED) is 0.731. The lowest BCUT2D eigenvalue weighted by atomic mass is 10.1. The van der Waals surface area contributed by atoms with Crippen LogP contribution in [0.4, 0.5) is 11.4 Å². The van der Waals surface area contributed by atoms with Gasteiger partial charge in [-0.05, 0) is 56.3 Å². The maximum atomic E-state index is 12.8. The summed E-state index contributed by atoms with van der Waals surface area (Å²) in [6.07, 6.45) is 0. The number of anilines is 2. The fraction of sp³-hybridized carbons (Fsp3) is 0.364. The van der Waals surface area contributed by atoms with Crippen molar-refractivity contribution in [2.45, 2.75) is 26.4 Å². The Bertz CT molecular complexity index is 924. The molecule has 8 heteroatoms. The van der Waals surface area contributed by atoms with Crippen molar-refractivity contribution >= 4 is 46.4 Å². The Morgan fingerprint density at radius 3 is 2.20 bits per heavy atom. The summed E-state index contributed by atoms with van der Waals surface area (Å²) in [6.45, 7) is 7.74. The standard InChI is InChI=1S/C22H25Cl2N3O3/c1-15(28)26-10-12-27(13-11-26)20-9-6-17(14-19(20)24)25-21(29)22(2,3)30-18-7-4-16(23)5-8-18/h4-9,14H,10-13H2,1-3H3,(H,25,29). The van der Waals surface area contributed by atoms with Crippen LogP contribution in [-0.2, 0) is 9.59 Å². The first-order valence-corrected chi connectivity index (χ1v) is 10.5. The van der Waals surface area contributed by atoms with Crippen LogP contribution in [-0.4, -0.2) is 48.5 Å². The molecule has 0 bridgehead atoms. The van der Waals surface area contributed by atoms with Crippen LogP contribution in [0.25, 0.3) is 0 Å². The first kappa shape index (κ1) is 22.2. The van der Waals surface area contributed by atoms with Crippen LogP contribution in [0.15, 0.2) is 42.5 Å². The highest BCUT2D eigenvalue weighted by Crippen LogP contribution is 2.30. The van der Waals surface area contributed by atoms with Crippen LogP contribution in [0.3, 0.4) is 0 Å². The molecule has 0 spiro atoms. The molecule has 1 aliphatic rings. The number of halogens is 2. The minimum Gasteiger partial charge on any atom is -0.478 e. The number of ether oxygens (including phenoxy) is 1. The zero-order valence-electron chi connectivity index (χ0n) is 17.2. The molecule has 0 aliphatic carbocycles. The number of piperazine rings is 1. The van der Waals surface area contributed by atoms with Gasteiger partial charge in [0.2, 0.25) is 5.91 Å². The van der Waals surface area contributed by atoms with Gasteiger partial charge in [0.1, 0.15) is 5.75 Å². The number of nitrogens with one attached hydrogen (secondary N) is 1. The third-order valence-electron chi connectivity index (χ3n) is 5.00. The molecule has 30 heavy (non-hydrogen) atoms. The molecule has 160 valence electrons. The predicted octanol–water partition coefficient (Wildman–Crippen LogP) is 4.46. The van der Waals surface area contributed by atoms with E-state index in [4.69, 9.17) is 27.9 Å². The molecule has 2 amide bonds. The summed E-state index contributed by atoms with van der Waals surface area (Å²) in [5.41, 5.74) is 0.376. The summed E-state index contributed by atoms with van der Waals surface area (Å²) < 4.78 is 5.83. The monoisotopic (exact) mass is 449 g/mol. The zero-order valence-corrected chi connectivity index (χ0v) is 18.8. The van der Waals surface area contributed by atoms with E-state index in [-0.39, 0.29) is 11.8 Å². The largest absolute Gasteiger partial charge is 0.478 e. The summed E-state index contributed by atoms with van der Waals surface area (Å²) in [5, 5.41) is 4.00. The molecule has 0 radical (unpaired) electrons. The van der Waals surface area contributed by atoms with Gasteiger partial charge in [-0.2, -0.15) is 0 Å². The van der Waals surface area contributed by atoms with Crippen LogP contribution < -0.4 is 15.0 Å². The van der Waals surface area contributed by atoms with E-state index in [1.165, 1.54) is 0 Å². The van der Waals surface area contributed by atoms with E-state index < -0.39 is 5.60 Å². The lowest BCUT2D eigenvalue weighted by molar-refractivity contribution is -0.129. The lowest BCUT2D eigenvalue weighted by Gasteiger charge is -2.36. The average molecular weight is 450 g/mol. The van der Waals surface area contributed by atoms with Crippen LogP contribution in [0.1, 0.15) is 20.8 Å². The first-order chi connectivity index (χ1) is 14.2. The van der Waals surface area contributed by atoms with Crippen molar-refractivity contribution < 1.29 is 14.3 Å². The normalized spacial score (nSPS) is 14.4. The minimum atomic E-state index is -1.10. The fourth-order valence-corrected chi connectivity index (χ4v) is 3.65. The summed E-state index contributed by atoms with van der Waals surface area (Å²) >= 11 is 12.4. The number of amides is 2. The number of hydrogen-bond acceptors (Lipinski definition) is 4. The van der Waals surface area contributed by atoms with Gasteiger partial charge in [0.15, 0.2) is 5.60 Å². The maximum absolute atomic E-state index is 12.8. The molecular formula is C22H25Cl2N3O3. The second-order valence-corrected chi connectivity index (χ2v) is 8.52. The molecule has 3 rings (SSSR count). The van der Waals surface area contributed by atoms with Crippen molar-refractivity contribution in [1.82, 2.24) is 4.90 Å². The number of hydrogen-bond donors (Lipinski definition) is 1. The van der Waals surface area contributed by atoms with E-state index in [0.29, 0.717) is 47.7 Å². The predicted molar refractivity (Wildman–Crippen MR) is 121 cm³/mol. The molecule has 1 N–H and O–H groups in total. The van der Waals surface area contributed by atoms with Gasteiger partial charge in [-0.3, -0.25) is 9.59 Å². The summed E-state index contributed by atoms with van der Waals surface area (Å²) in [5.74, 6) is 0.344. The van der Waals surface area contributed by atoms with Crippen LogP contribution in [0.2, 0.25) is 10.0 Å². The number of benzene rings is 2. The highest BCUT2D eigenvalue weighted by Gasteiger charge is 2.30. The number of rotatable bonds is 5. The highest BCUT2D eigenvalue weighted by atomic mass is 35.5. The van der Waals surface area contributed by atoms with Crippen LogP contribution in [0.5, 0.6) is 5.75 Å². The molecule has 1 heterocycles. The van der Waals surface area contributed by atoms with Crippen molar-refractivity contribution in [3.8, 4) is 5.75 Å². The fourth-order valence-electron chi connectivity index (χ4n) is 3.23. The molecule has 2 aromatic rings. The molecular weight excluding hydrogens is 425 g/mol. The molecule has 2 aromatic carbocycles. The van der Waals surface area contributed by atoms with Gasteiger partial charge < -0.3 is 19.9 Å². The van der Waals surface area contributed by atoms with Crippen molar-refractivity contribution in [1.29, 1.82) is 0 Å². The SMILES string of the molecule is CC(=O)N1CCN(c2ccc(NC(=O)C(C)(C)Oc3ccc(Cl)cc3)cc2Cl)CC1. The minimum absolute atomic E-state index is 0.0854. The second-order valence-electron chi connectivity index (χ2n) is 7.68. The Labute approximate surface area is 186 Å². The Balaban J connectivity index is 1.64. The van der Waals surface area contributed by atoms with E-state index in [9.17, 15) is 9.59 Å². The van der Waals surface area contributed by atoms with Gasteiger partial charge in [-0.25, -0.2) is 0 Å². The third-order valence-corrected chi connectivity index (χ3v) is 5.56. The molecule has 0 unspecified atom stereocenters. The Morgan fingerprint density at radius 2 is 1.63 bits per heavy atom. The molecule has 1 aliphatic heterocycles. The van der Waals surface area contributed by atoms with Crippen LogP contribution in [0, 0.1) is 0 Å². The maximum Gasteiger partial charge on any atom is 0.267 e. The van der Waals surface area contributed by atoms with Gasteiger partial charge in [0, 0.05) is 43.8 Å². The van der Waals surface area contributed by atoms with Gasteiger partial charge >= 0.3 is 0 Å². The van der Waals surface area contributed by atoms with Crippen molar-refractivity contribution in [2.75, 3.05) is 36.4 Å². The van der Waals surface area contributed by atoms with Crippen molar-refractivity contribution in [2.24, 2.45) is 0 Å². The van der Waals surface area contributed by atoms with Gasteiger partial charge in [-0.1, -0.05) is 23.2 Å². The summed E-state index contributed by atoms with van der Waals surface area (Å²) in [4.78, 5) is 28.2. The Kier molecular flexibility index (Phi) is 6.78. The van der Waals surface area contributed by atoms with E-state index >= 15 is 0 Å². The third kappa shape index (κ3) is 5.37. The topological polar surface area (TPSA) is 61.9 Å². The van der Waals surface area contributed by atoms with Gasteiger partial charge in [-0.15, -0.1) is 0 Å². The molecule has 0 aromatic heterocycles. The number of carbonyl (C=O) groups is 2. The smallest absolute Gasteiger partial charge is 0.267 e. The first-order valence-electron chi connectivity index (χ1n) is 9.72. The van der Waals surface area contributed by atoms with Crippen molar-refractivity contribution in [3.05, 3.63) is 52.5 Å². The van der Waals surface area contributed by atoms with Crippen LogP contribution >= 0.6 is 23.2 Å². The van der Waals surface area contributed by atoms with E-state index in [1.807, 2.05) is 17.0 Å². The Hall–Kier alpha value is -2.44. The number of carbonyl (C=O) groups excluding carboxylic acids is 2. The van der Waals surface area contributed by atoms with E-state index in [1.54, 1.807) is 51.1 Å². The van der Waals surface area contributed by atoms with Gasteiger partial charge in [0.25, 0.3) is 5.91 Å². The molecule has 0 atom stereocenters.